The molecule has 66 nitrogen and oxygen atoms in total. The van der Waals surface area contributed by atoms with Crippen molar-refractivity contribution in [2.45, 2.75) is 0 Å². The normalized spacial score (nSPS) is 10.9. The summed E-state index contributed by atoms with van der Waals surface area (Å²) in [6, 6.07) is 27.7. The Labute approximate surface area is 807 Å². The van der Waals surface area contributed by atoms with Crippen molar-refractivity contribution in [2.75, 3.05) is 39.3 Å². The summed E-state index contributed by atoms with van der Waals surface area (Å²) in [5, 5.41) is 96.5. The van der Waals surface area contributed by atoms with Crippen LogP contribution in [0, 0.1) is 0 Å². The molecule has 2 aromatic carbocycles. The fourth-order valence-electron chi connectivity index (χ4n) is 8.28. The summed E-state index contributed by atoms with van der Waals surface area (Å²) in [5.41, 5.74) is 147. The molecule has 8 aromatic rings. The molecule has 0 unspecified atom stereocenters. The molecule has 0 saturated carbocycles. The molecule has 0 saturated heterocycles. The lowest BCUT2D eigenvalue weighted by atomic mass is 10.1. The quantitative estimate of drug-likeness (QED) is 0.00971. The lowest BCUT2D eigenvalue weighted by Gasteiger charge is -1.95. The van der Waals surface area contributed by atoms with Crippen molar-refractivity contribution in [1.82, 2.24) is 24.9 Å². The minimum atomic E-state index is -0.124. The van der Waals surface area contributed by atoms with E-state index in [-0.39, 0.29) is 121 Å². The van der Waals surface area contributed by atoms with Gasteiger partial charge in [0.2, 0.25) is 73.3 Å². The average molecular weight is 1960 g/mol. The molecule has 6 heterocycles. The van der Waals surface area contributed by atoms with Gasteiger partial charge in [0.05, 0.1) is 11.4 Å². The second-order valence-corrected chi connectivity index (χ2v) is 26.3. The van der Waals surface area contributed by atoms with Gasteiger partial charge >= 0.3 is 0 Å². The number of aliphatic imine (C=N–C) groups is 6. The number of nitrogens with one attached hydrogen (secondary N) is 12. The van der Waals surface area contributed by atoms with Crippen LogP contribution in [-0.4, -0.2) is 258 Å². The van der Waals surface area contributed by atoms with Gasteiger partial charge in [0, 0.05) is 154 Å². The highest BCUT2D eigenvalue weighted by Gasteiger charge is 2.10. The molecule has 0 aliphatic rings. The van der Waals surface area contributed by atoms with E-state index in [1.54, 1.807) is 130 Å². The molecule has 8 rings (SSSR count). The molecule has 0 aliphatic carbocycles. The van der Waals surface area contributed by atoms with E-state index in [0.717, 1.165) is 61.6 Å². The molecule has 66 heteroatoms. The number of guanidine groups is 10. The van der Waals surface area contributed by atoms with Crippen LogP contribution in [0.25, 0.3) is 0 Å². The number of benzene rings is 2. The fraction of sp³-hybridized carbons (Fsp3) is 0.0789. The van der Waals surface area contributed by atoms with E-state index < -0.39 is 0 Å². The van der Waals surface area contributed by atoms with Gasteiger partial charge in [-0.05, 0) is 72.8 Å². The molecule has 0 amide bonds. The van der Waals surface area contributed by atoms with Crippen molar-refractivity contribution in [1.29, 1.82) is 0 Å². The number of hydrogen-bond donors (Lipinski definition) is 41. The van der Waals surface area contributed by atoms with Crippen LogP contribution in [0.3, 0.4) is 0 Å². The second kappa shape index (κ2) is 71.5. The number of nitrogens with zero attached hydrogens (tertiary/aromatic N) is 22. The predicted octanol–water partition coefficient (Wildman–Crippen LogP) is -35.4. The van der Waals surface area contributed by atoms with Gasteiger partial charge in [0.1, 0.15) is 75.6 Å². The number of nitrogens with two attached hydrogens (primary N) is 32. The van der Waals surface area contributed by atoms with Gasteiger partial charge < -0.3 is 125 Å². The van der Waals surface area contributed by atoms with E-state index in [2.05, 4.69) is 172 Å². The van der Waals surface area contributed by atoms with Crippen molar-refractivity contribution >= 4 is 194 Å². The Morgan fingerprint density at radius 2 is 0.592 bits per heavy atom. The highest BCUT2D eigenvalue weighted by Crippen LogP contribution is 2.04. The summed E-state index contributed by atoms with van der Waals surface area (Å²) in [5.74, 6) is 0.936. The van der Waals surface area contributed by atoms with Crippen molar-refractivity contribution < 1.29 is 83.1 Å². The van der Waals surface area contributed by atoms with Crippen LogP contribution in [0.15, 0.2) is 231 Å². The molecule has 0 radical (unpaired) electrons. The van der Waals surface area contributed by atoms with Crippen LogP contribution < -0.4 is 232 Å². The zero-order chi connectivity index (χ0) is 106. The monoisotopic (exact) mass is 1960 g/mol. The third-order valence-electron chi connectivity index (χ3n) is 13.6. The fourth-order valence-corrected chi connectivity index (χ4v) is 8.28. The molecule has 0 fully saturated rings. The van der Waals surface area contributed by atoms with Crippen LogP contribution in [0.1, 0.15) is 90.1 Å². The first kappa shape index (κ1) is 118. The summed E-state index contributed by atoms with van der Waals surface area (Å²) < 4.78 is 0. The summed E-state index contributed by atoms with van der Waals surface area (Å²) in [6.07, 6.45) is 37.1. The number of rotatable bonds is 38. The molecular weight excluding hydrogens is 1840 g/mol. The third-order valence-corrected chi connectivity index (χ3v) is 13.6. The molecule has 0 aliphatic heterocycles. The lowest BCUT2D eigenvalue weighted by molar-refractivity contribution is -0.464. The number of aromatic amines is 5. The maximum Gasteiger partial charge on any atom is 0.288 e. The number of pyridine rings is 2. The second-order valence-electron chi connectivity index (χ2n) is 26.3. The predicted molar refractivity (Wildman–Crippen MR) is 549 cm³/mol. The zero-order valence-corrected chi connectivity index (χ0v) is 76.5. The van der Waals surface area contributed by atoms with Gasteiger partial charge in [-0.3, -0.25) is 102 Å². The SMILES string of the molecule is NC(=[NH2+])CN=Cc1c[nH]cc1C=NCC(N)=[NH2+].NC(=[NH2+])CN=Cc1cc(C=NCC(N)=[NH2+])ncn1.NC(=[NH2+])CN=Cc1cncc(C=NCC(N)=[NH2+])c1.NC(N)=N/N=C/c1c[nH+]cc(/C=N/N=C(N)N)[nH+]1.NC(N)=N/N=C/c1cccc(/C=[NH+]/N=C(N)N)[nH+]1.NC(N)=N/[NH+]=C/c1ccc(/C=[NH+]/N=C(N)N)[nH]1.NC(N)=N/[NH+]=C/c1ccc(/C=[NH+]/N=C(N)N)cc1.NC(N)=N/[NH+]=C/c1cccc(/C=[NH+]/N=C(N)N)c1. The third kappa shape index (κ3) is 68.7. The number of hydrogen-bond acceptors (Lipinski definition) is 22. The van der Waals surface area contributed by atoms with E-state index in [0.29, 0.717) is 41.6 Å². The number of H-pyrrole nitrogens is 5. The van der Waals surface area contributed by atoms with Crippen LogP contribution in [0.4, 0.5) is 0 Å². The number of hydrazone groups is 7. The largest absolute Gasteiger partial charge is 0.369 e. The van der Waals surface area contributed by atoms with Crippen LogP contribution >= 0.6 is 0 Å². The minimum Gasteiger partial charge on any atom is -0.369 e. The summed E-state index contributed by atoms with van der Waals surface area (Å²) in [4.78, 5) is 51.1. The first-order chi connectivity index (χ1) is 67.6. The summed E-state index contributed by atoms with van der Waals surface area (Å²) in [7, 11) is 0. The summed E-state index contributed by atoms with van der Waals surface area (Å²) >= 11 is 0. The first-order valence-corrected chi connectivity index (χ1v) is 39.7. The highest BCUT2D eigenvalue weighted by atomic mass is 15.3. The topological polar surface area (TPSA) is 1280 Å². The Bertz CT molecular complexity index is 5480. The lowest BCUT2D eigenvalue weighted by Crippen LogP contribution is -2.64. The van der Waals surface area contributed by atoms with Gasteiger partial charge in [0.25, 0.3) is 100 Å². The van der Waals surface area contributed by atoms with Crippen molar-refractivity contribution in [3.8, 4) is 0 Å². The van der Waals surface area contributed by atoms with Gasteiger partial charge in [-0.15, -0.1) is 61.2 Å². The van der Waals surface area contributed by atoms with Crippen molar-refractivity contribution in [3.05, 3.63) is 225 Å². The van der Waals surface area contributed by atoms with Crippen LogP contribution in [0.2, 0.25) is 0 Å². The number of aromatic nitrogens is 8. The van der Waals surface area contributed by atoms with E-state index in [9.17, 15) is 0 Å². The number of amidine groups is 6. The van der Waals surface area contributed by atoms with Gasteiger partial charge in [0.15, 0.2) is 0 Å². The molecular formula is C76H126N66+16. The van der Waals surface area contributed by atoms with Crippen LogP contribution in [0.5, 0.6) is 0 Å². The summed E-state index contributed by atoms with van der Waals surface area (Å²) in [6.45, 7) is 1.68. The maximum absolute atomic E-state index is 5.30. The molecule has 0 bridgehead atoms. The standard InChI is InChI=1S/C11H15N7.3C10H14N8.C10H15N7.C9H13N9.C8H12N10.C8H13N9/c12-10(13)6-17-4-8-1-9(3-16-2-8)5-18-7-11(14)15;11-9(12)4-15-2-7-1-8(18-6-17-7)3-16-5-10(13)14;11-9(12)17-15-5-7-1-2-8(4-3-7)6-16-18-10(13)14;11-9(12)17-15-5-7-2-1-3-8(4-7)6-16-18-10(13)14;11-9(12)5-16-3-7-1-15-2-8(7)4-17-6-10(13)14;10-8(11)17-14-4-6-2-1-3-7(16-6)5-15-18-9(12)13;9-7(10)17-14-3-5-1-13-2-6(16-5)4-15-18-8(11)12;9-7(10)16-13-3-5-1-2-6(15-5)4-14-17-8(11)12/h1-5H,6-7H2,(H3,12,13)(H3,14,15);1-3,6H,4-5H2,(H3,11,12)(H3,13,14);2*1-6H,(H4,11,12,17)(H4,13,14,18);1-4,15H,5-6H2,(H3,11,12)(H3,13,14);1-5H,(H4,10,11,17)(H4,12,13,18);1-4H,(H4,9,10,17)(H4,11,12,18);1-4,15H,(H4,9,10,16)(H4,11,12,17)/p+16/b;;2*15-5+,16-6+;;14-4+,15-5+;14-3+,15-4+;13-3+,14-4+. The van der Waals surface area contributed by atoms with Crippen molar-refractivity contribution in [2.24, 2.45) is 245 Å². The highest BCUT2D eigenvalue weighted by molar-refractivity contribution is 5.96. The zero-order valence-electron chi connectivity index (χ0n) is 76.5. The first-order valence-electron chi connectivity index (χ1n) is 39.7. The van der Waals surface area contributed by atoms with Gasteiger partial charge in [-0.25, -0.2) is 15.0 Å². The van der Waals surface area contributed by atoms with Gasteiger partial charge in [-0.1, -0.05) is 11.2 Å². The molecule has 0 spiro atoms. The smallest absolute Gasteiger partial charge is 0.288 e. The Hall–Kier alpha value is -22.3. The Morgan fingerprint density at radius 1 is 0.296 bits per heavy atom. The van der Waals surface area contributed by atoms with Crippen LogP contribution in [-0.2, 0) is 0 Å². The van der Waals surface area contributed by atoms with Gasteiger partial charge in [-0.2, -0.15) is 9.97 Å². The van der Waals surface area contributed by atoms with E-state index in [1.165, 1.54) is 25.0 Å². The molecule has 76 N–H and O–H groups in total. The van der Waals surface area contributed by atoms with E-state index in [1.807, 2.05) is 78.9 Å². The Balaban J connectivity index is 0.000000812. The molecule has 0 atom stereocenters. The van der Waals surface area contributed by atoms with E-state index >= 15 is 0 Å². The molecule has 142 heavy (non-hydrogen) atoms. The Morgan fingerprint density at radius 3 is 0.937 bits per heavy atom. The Kier molecular flexibility index (Phi) is 59.2. The maximum atomic E-state index is 5.30. The average Bonchev–Trinajstić information content (AvgIpc) is 1.60. The molecule has 744 valence electrons. The molecule has 6 aromatic heterocycles. The van der Waals surface area contributed by atoms with E-state index in [4.69, 9.17) is 182 Å². The minimum absolute atomic E-state index is 0.0300. The van der Waals surface area contributed by atoms with Crippen molar-refractivity contribution in [3.63, 3.8) is 0 Å².